The molecule has 0 fully saturated rings. The van der Waals surface area contributed by atoms with E-state index in [1.54, 1.807) is 10.8 Å². The highest BCUT2D eigenvalue weighted by Crippen LogP contribution is 1.90. The van der Waals surface area contributed by atoms with Crippen LogP contribution in [-0.4, -0.2) is 21.6 Å². The Morgan fingerprint density at radius 2 is 2.21 bits per heavy atom. The summed E-state index contributed by atoms with van der Waals surface area (Å²) in [7, 11) is 0. The maximum atomic E-state index is 11.2. The first-order chi connectivity index (χ1) is 6.63. The molecule has 0 saturated heterocycles. The molecule has 1 N–H and O–H groups in total. The van der Waals surface area contributed by atoms with Gasteiger partial charge in [0.1, 0.15) is 18.9 Å². The predicted octanol–water partition coefficient (Wildman–Crippen LogP) is 0.671. The van der Waals surface area contributed by atoms with Crippen LogP contribution in [0.1, 0.15) is 19.8 Å². The smallest absolute Gasteiger partial charge is 0.446 e. The summed E-state index contributed by atoms with van der Waals surface area (Å²) >= 11 is 0. The minimum atomic E-state index is -1.05. The molecule has 0 aliphatic carbocycles. The molecule has 0 aliphatic heterocycles. The molecule has 1 aromatic heterocycles. The zero-order valence-electron chi connectivity index (χ0n) is 8.01. The summed E-state index contributed by atoms with van der Waals surface area (Å²) in [5, 5.41) is 8.60. The second-order valence-electron chi connectivity index (χ2n) is 3.06. The second-order valence-corrected chi connectivity index (χ2v) is 3.06. The van der Waals surface area contributed by atoms with Gasteiger partial charge in [-0.3, -0.25) is 4.79 Å². The van der Waals surface area contributed by atoms with Gasteiger partial charge >= 0.3 is 6.09 Å². The van der Waals surface area contributed by atoms with Gasteiger partial charge in [-0.15, -0.1) is 4.57 Å². The zero-order valence-corrected chi connectivity index (χ0v) is 8.01. The van der Waals surface area contributed by atoms with E-state index in [4.69, 9.17) is 5.11 Å². The van der Waals surface area contributed by atoms with E-state index in [0.717, 1.165) is 11.0 Å². The molecule has 0 aromatic carbocycles. The lowest BCUT2D eigenvalue weighted by atomic mass is 10.2. The molecule has 76 valence electrons. The molecule has 5 nitrogen and oxygen atoms in total. The number of aromatic nitrogens is 2. The van der Waals surface area contributed by atoms with Crippen molar-refractivity contribution in [3.63, 3.8) is 0 Å². The molecule has 0 aliphatic rings. The molecule has 1 aromatic rings. The number of imidazole rings is 1. The Bertz CT molecular complexity index is 344. The average molecular weight is 197 g/mol. The molecule has 1 rings (SSSR count). The molecule has 0 spiro atoms. The maximum Gasteiger partial charge on any atom is 0.509 e. The van der Waals surface area contributed by atoms with Gasteiger partial charge in [0.25, 0.3) is 6.33 Å². The van der Waals surface area contributed by atoms with Crippen molar-refractivity contribution in [1.82, 2.24) is 4.57 Å². The van der Waals surface area contributed by atoms with E-state index in [1.807, 2.05) is 6.92 Å². The fourth-order valence-electron chi connectivity index (χ4n) is 1.16. The van der Waals surface area contributed by atoms with Crippen molar-refractivity contribution in [1.29, 1.82) is 0 Å². The molecule has 0 unspecified atom stereocenters. The van der Waals surface area contributed by atoms with Gasteiger partial charge in [0.15, 0.2) is 5.78 Å². The number of rotatable bonds is 4. The first-order valence-electron chi connectivity index (χ1n) is 4.45. The van der Waals surface area contributed by atoms with Gasteiger partial charge in [0, 0.05) is 6.42 Å². The van der Waals surface area contributed by atoms with Gasteiger partial charge in [0.05, 0.1) is 0 Å². The van der Waals surface area contributed by atoms with Crippen LogP contribution in [0.2, 0.25) is 0 Å². The van der Waals surface area contributed by atoms with E-state index in [1.165, 1.54) is 12.5 Å². The van der Waals surface area contributed by atoms with E-state index >= 15 is 0 Å². The van der Waals surface area contributed by atoms with Crippen molar-refractivity contribution in [2.24, 2.45) is 0 Å². The Morgan fingerprint density at radius 1 is 1.50 bits per heavy atom. The lowest BCUT2D eigenvalue weighted by Crippen LogP contribution is -2.36. The Hall–Kier alpha value is -1.65. The van der Waals surface area contributed by atoms with E-state index < -0.39 is 6.09 Å². The van der Waals surface area contributed by atoms with Gasteiger partial charge < -0.3 is 5.11 Å². The zero-order chi connectivity index (χ0) is 10.6. The minimum absolute atomic E-state index is 0.112. The van der Waals surface area contributed by atoms with E-state index in [-0.39, 0.29) is 12.3 Å². The number of hydrogen-bond donors (Lipinski definition) is 1. The number of Topliss-reactive ketones (excluding diaryl/α,β-unsaturated/α-hetero) is 1. The van der Waals surface area contributed by atoms with Gasteiger partial charge in [-0.2, -0.15) is 4.79 Å². The van der Waals surface area contributed by atoms with Crippen LogP contribution in [-0.2, 0) is 11.3 Å². The molecular formula is C9H13N2O3+. The van der Waals surface area contributed by atoms with E-state index in [9.17, 15) is 9.59 Å². The van der Waals surface area contributed by atoms with E-state index in [2.05, 4.69) is 0 Å². The molecule has 14 heavy (non-hydrogen) atoms. The van der Waals surface area contributed by atoms with Crippen LogP contribution in [0.4, 0.5) is 4.79 Å². The molecule has 0 amide bonds. The maximum absolute atomic E-state index is 11.2. The SMILES string of the molecule is CCCC(=O)C[n+]1ccn(C(=O)O)c1. The summed E-state index contributed by atoms with van der Waals surface area (Å²) in [6.45, 7) is 2.18. The summed E-state index contributed by atoms with van der Waals surface area (Å²) in [4.78, 5) is 21.7. The number of carbonyl (C=O) groups is 2. The monoisotopic (exact) mass is 197 g/mol. The van der Waals surface area contributed by atoms with Gasteiger partial charge in [-0.1, -0.05) is 6.92 Å². The number of ketones is 1. The highest BCUT2D eigenvalue weighted by molar-refractivity contribution is 5.76. The Balaban J connectivity index is 2.59. The van der Waals surface area contributed by atoms with Crippen LogP contribution in [0.15, 0.2) is 18.7 Å². The second kappa shape index (κ2) is 4.55. The van der Waals surface area contributed by atoms with Crippen LogP contribution in [0.5, 0.6) is 0 Å². The summed E-state index contributed by atoms with van der Waals surface area (Å²) in [6.07, 6.45) is 4.66. The van der Waals surface area contributed by atoms with Crippen molar-refractivity contribution in [2.75, 3.05) is 0 Å². The summed E-state index contributed by atoms with van der Waals surface area (Å²) < 4.78 is 2.57. The fraction of sp³-hybridized carbons (Fsp3) is 0.444. The third-order valence-electron chi connectivity index (χ3n) is 1.80. The molecule has 0 bridgehead atoms. The Kier molecular flexibility index (Phi) is 3.39. The van der Waals surface area contributed by atoms with Gasteiger partial charge in [0.2, 0.25) is 0 Å². The van der Waals surface area contributed by atoms with Gasteiger partial charge in [-0.05, 0) is 6.42 Å². The van der Waals surface area contributed by atoms with Crippen LogP contribution >= 0.6 is 0 Å². The lowest BCUT2D eigenvalue weighted by Gasteiger charge is -1.93. The Labute approximate surface area is 81.6 Å². The normalized spacial score (nSPS) is 10.1. The molecule has 0 radical (unpaired) electrons. The standard InChI is InChI=1S/C9H12N2O3/c1-2-3-8(12)6-10-4-5-11(7-10)9(13)14/h4-5,7H,2-3,6H2,1H3/p+1. The largest absolute Gasteiger partial charge is 0.509 e. The molecule has 5 heteroatoms. The predicted molar refractivity (Wildman–Crippen MR) is 48.0 cm³/mol. The first-order valence-corrected chi connectivity index (χ1v) is 4.45. The summed E-state index contributed by atoms with van der Waals surface area (Å²) in [5.41, 5.74) is 0. The molecule has 0 atom stereocenters. The topological polar surface area (TPSA) is 63.2 Å². The number of nitrogens with zero attached hydrogens (tertiary/aromatic N) is 2. The van der Waals surface area contributed by atoms with Crippen LogP contribution in [0.3, 0.4) is 0 Å². The molecular weight excluding hydrogens is 184 g/mol. The van der Waals surface area contributed by atoms with Crippen molar-refractivity contribution >= 4 is 11.9 Å². The van der Waals surface area contributed by atoms with Crippen molar-refractivity contribution in [2.45, 2.75) is 26.3 Å². The van der Waals surface area contributed by atoms with Crippen LogP contribution < -0.4 is 4.57 Å². The molecule has 0 saturated carbocycles. The number of carbonyl (C=O) groups excluding carboxylic acids is 1. The van der Waals surface area contributed by atoms with Gasteiger partial charge in [-0.25, -0.2) is 4.57 Å². The highest BCUT2D eigenvalue weighted by atomic mass is 16.4. The van der Waals surface area contributed by atoms with Crippen molar-refractivity contribution in [3.8, 4) is 0 Å². The Morgan fingerprint density at radius 3 is 2.71 bits per heavy atom. The third kappa shape index (κ3) is 2.69. The van der Waals surface area contributed by atoms with E-state index in [0.29, 0.717) is 6.42 Å². The number of hydrogen-bond acceptors (Lipinski definition) is 2. The third-order valence-corrected chi connectivity index (χ3v) is 1.80. The quantitative estimate of drug-likeness (QED) is 0.721. The molecule has 1 heterocycles. The summed E-state index contributed by atoms with van der Waals surface area (Å²) in [5.74, 6) is 0.112. The summed E-state index contributed by atoms with van der Waals surface area (Å²) in [6, 6.07) is 0. The minimum Gasteiger partial charge on any atom is -0.446 e. The highest BCUT2D eigenvalue weighted by Gasteiger charge is 2.12. The average Bonchev–Trinajstić information content (AvgIpc) is 2.53. The van der Waals surface area contributed by atoms with Crippen LogP contribution in [0.25, 0.3) is 0 Å². The van der Waals surface area contributed by atoms with Crippen LogP contribution in [0, 0.1) is 0 Å². The fourth-order valence-corrected chi connectivity index (χ4v) is 1.16. The van der Waals surface area contributed by atoms with Crippen molar-refractivity contribution in [3.05, 3.63) is 18.7 Å². The lowest BCUT2D eigenvalue weighted by molar-refractivity contribution is -0.683. The first kappa shape index (κ1) is 10.4. The van der Waals surface area contributed by atoms with Crippen molar-refractivity contribution < 1.29 is 19.3 Å². The number of carboxylic acid groups (broad SMARTS) is 1.